The molecule has 0 unspecified atom stereocenters. The fourth-order valence-corrected chi connectivity index (χ4v) is 2.56. The lowest BCUT2D eigenvalue weighted by Crippen LogP contribution is -2.18. The van der Waals surface area contributed by atoms with E-state index in [0.29, 0.717) is 6.42 Å². The van der Waals surface area contributed by atoms with Crippen LogP contribution in [0.5, 0.6) is 0 Å². The molecule has 0 bridgehead atoms. The van der Waals surface area contributed by atoms with Crippen molar-refractivity contribution in [3.63, 3.8) is 0 Å². The molecule has 2 rings (SSSR count). The molecule has 1 aromatic rings. The molecular formula is C12H17N3OS. The number of hydrogen-bond donors (Lipinski definition) is 0. The Kier molecular flexibility index (Phi) is 3.99. The highest BCUT2D eigenvalue weighted by Crippen LogP contribution is 2.25. The number of hydrogen-bond acceptors (Lipinski definition) is 4. The zero-order valence-electron chi connectivity index (χ0n) is 10.3. The monoisotopic (exact) mass is 251 g/mol. The van der Waals surface area contributed by atoms with Gasteiger partial charge in [-0.05, 0) is 12.7 Å². The SMILES string of the molecule is CCCCCn1c(SC)nc(=O)c2c1N=CC2. The second kappa shape index (κ2) is 5.49. The van der Waals surface area contributed by atoms with E-state index >= 15 is 0 Å². The normalized spacial score (nSPS) is 13.1. The molecule has 0 atom stereocenters. The molecule has 1 aliphatic rings. The van der Waals surface area contributed by atoms with E-state index in [2.05, 4.69) is 21.5 Å². The number of nitrogens with zero attached hydrogens (tertiary/aromatic N) is 3. The lowest BCUT2D eigenvalue weighted by molar-refractivity contribution is 0.550. The van der Waals surface area contributed by atoms with Gasteiger partial charge in [-0.1, -0.05) is 31.5 Å². The van der Waals surface area contributed by atoms with Crippen LogP contribution in [0, 0.1) is 0 Å². The Morgan fingerprint density at radius 1 is 1.47 bits per heavy atom. The van der Waals surface area contributed by atoms with Gasteiger partial charge in [-0.25, -0.2) is 4.99 Å². The zero-order chi connectivity index (χ0) is 12.3. The first-order valence-electron chi connectivity index (χ1n) is 5.98. The number of unbranched alkanes of at least 4 members (excludes halogenated alkanes) is 2. The van der Waals surface area contributed by atoms with Crippen molar-refractivity contribution >= 4 is 23.8 Å². The van der Waals surface area contributed by atoms with Crippen molar-refractivity contribution < 1.29 is 0 Å². The van der Waals surface area contributed by atoms with Crippen molar-refractivity contribution in [1.82, 2.24) is 9.55 Å². The summed E-state index contributed by atoms with van der Waals surface area (Å²) >= 11 is 1.51. The van der Waals surface area contributed by atoms with Crippen LogP contribution in [0.3, 0.4) is 0 Å². The molecule has 4 nitrogen and oxygen atoms in total. The van der Waals surface area contributed by atoms with Crippen LogP contribution in [-0.2, 0) is 13.0 Å². The fraction of sp³-hybridized carbons (Fsp3) is 0.583. The predicted octanol–water partition coefficient (Wildman–Crippen LogP) is 2.41. The van der Waals surface area contributed by atoms with E-state index in [1.165, 1.54) is 24.6 Å². The summed E-state index contributed by atoms with van der Waals surface area (Å²) in [5.74, 6) is 0.824. The van der Waals surface area contributed by atoms with E-state index < -0.39 is 0 Å². The molecule has 0 aliphatic carbocycles. The topological polar surface area (TPSA) is 47.2 Å². The highest BCUT2D eigenvalue weighted by atomic mass is 32.2. The van der Waals surface area contributed by atoms with Gasteiger partial charge in [0.25, 0.3) is 5.56 Å². The molecule has 0 N–H and O–H groups in total. The summed E-state index contributed by atoms with van der Waals surface area (Å²) in [6.45, 7) is 3.08. The molecule has 0 saturated heterocycles. The largest absolute Gasteiger partial charge is 0.305 e. The molecule has 0 fully saturated rings. The third-order valence-corrected chi connectivity index (χ3v) is 3.57. The summed E-state index contributed by atoms with van der Waals surface area (Å²) in [4.78, 5) is 20.2. The fourth-order valence-electron chi connectivity index (χ4n) is 1.99. The smallest absolute Gasteiger partial charge is 0.279 e. The summed E-state index contributed by atoms with van der Waals surface area (Å²) in [6, 6.07) is 0. The van der Waals surface area contributed by atoms with E-state index in [-0.39, 0.29) is 5.56 Å². The minimum absolute atomic E-state index is 0.117. The molecule has 0 saturated carbocycles. The molecule has 0 aromatic carbocycles. The Hall–Kier alpha value is -1.10. The van der Waals surface area contributed by atoms with E-state index in [1.54, 1.807) is 6.21 Å². The Morgan fingerprint density at radius 2 is 2.29 bits per heavy atom. The predicted molar refractivity (Wildman–Crippen MR) is 71.7 cm³/mol. The summed E-state index contributed by atoms with van der Waals surface area (Å²) in [5.41, 5.74) is 0.632. The zero-order valence-corrected chi connectivity index (χ0v) is 11.1. The first-order valence-corrected chi connectivity index (χ1v) is 7.20. The summed E-state index contributed by atoms with van der Waals surface area (Å²) in [6.07, 6.45) is 7.86. The van der Waals surface area contributed by atoms with Gasteiger partial charge in [0.15, 0.2) is 5.16 Å². The molecule has 2 heterocycles. The van der Waals surface area contributed by atoms with Crippen LogP contribution in [0.2, 0.25) is 0 Å². The quantitative estimate of drug-likeness (QED) is 0.458. The average Bonchev–Trinajstić information content (AvgIpc) is 2.81. The first-order chi connectivity index (χ1) is 8.27. The highest BCUT2D eigenvalue weighted by molar-refractivity contribution is 7.98. The third kappa shape index (κ3) is 2.44. The molecular weight excluding hydrogens is 234 g/mol. The maximum atomic E-state index is 11.8. The Bertz CT molecular complexity index is 493. The van der Waals surface area contributed by atoms with Crippen LogP contribution < -0.4 is 5.56 Å². The number of fused-ring (bicyclic) bond motifs is 1. The Balaban J connectivity index is 2.37. The van der Waals surface area contributed by atoms with Gasteiger partial charge in [-0.2, -0.15) is 4.98 Å². The van der Waals surface area contributed by atoms with Crippen LogP contribution in [0.25, 0.3) is 0 Å². The number of aliphatic imine (C=N–C) groups is 1. The van der Waals surface area contributed by atoms with Gasteiger partial charge in [0, 0.05) is 19.2 Å². The third-order valence-electron chi connectivity index (χ3n) is 2.89. The van der Waals surface area contributed by atoms with Crippen molar-refractivity contribution in [3.05, 3.63) is 15.9 Å². The number of aromatic nitrogens is 2. The van der Waals surface area contributed by atoms with Gasteiger partial charge in [0.05, 0.1) is 5.56 Å². The van der Waals surface area contributed by atoms with Crippen molar-refractivity contribution in [2.24, 2.45) is 4.99 Å². The molecule has 1 aromatic heterocycles. The van der Waals surface area contributed by atoms with Gasteiger partial charge in [0.2, 0.25) is 0 Å². The molecule has 5 heteroatoms. The van der Waals surface area contributed by atoms with Crippen LogP contribution in [0.1, 0.15) is 31.7 Å². The molecule has 0 amide bonds. The van der Waals surface area contributed by atoms with Crippen molar-refractivity contribution in [1.29, 1.82) is 0 Å². The lowest BCUT2D eigenvalue weighted by atomic mass is 10.2. The van der Waals surface area contributed by atoms with Gasteiger partial charge >= 0.3 is 0 Å². The minimum Gasteiger partial charge on any atom is -0.305 e. The molecule has 92 valence electrons. The highest BCUT2D eigenvalue weighted by Gasteiger charge is 2.18. The van der Waals surface area contributed by atoms with E-state index in [9.17, 15) is 4.79 Å². The minimum atomic E-state index is -0.117. The molecule has 17 heavy (non-hydrogen) atoms. The standard InChI is InChI=1S/C12H17N3OS/c1-3-4-5-8-15-10-9(6-7-13-10)11(16)14-12(15)17-2/h7H,3-6,8H2,1-2H3. The van der Waals surface area contributed by atoms with Crippen molar-refractivity contribution in [3.8, 4) is 0 Å². The maximum Gasteiger partial charge on any atom is 0.279 e. The van der Waals surface area contributed by atoms with Crippen LogP contribution in [0.15, 0.2) is 14.9 Å². The van der Waals surface area contributed by atoms with Crippen LogP contribution in [0.4, 0.5) is 5.82 Å². The molecule has 0 radical (unpaired) electrons. The maximum absolute atomic E-state index is 11.8. The van der Waals surface area contributed by atoms with E-state index in [0.717, 1.165) is 29.5 Å². The van der Waals surface area contributed by atoms with Gasteiger partial charge in [0.1, 0.15) is 5.82 Å². The van der Waals surface area contributed by atoms with E-state index in [4.69, 9.17) is 0 Å². The Labute approximate surface area is 105 Å². The van der Waals surface area contributed by atoms with Crippen LogP contribution >= 0.6 is 11.8 Å². The second-order valence-electron chi connectivity index (χ2n) is 4.08. The van der Waals surface area contributed by atoms with Crippen LogP contribution in [-0.4, -0.2) is 22.0 Å². The second-order valence-corrected chi connectivity index (χ2v) is 4.85. The first kappa shape index (κ1) is 12.4. The average molecular weight is 251 g/mol. The summed E-state index contributed by atoms with van der Waals surface area (Å²) < 4.78 is 2.08. The lowest BCUT2D eigenvalue weighted by Gasteiger charge is -2.13. The van der Waals surface area contributed by atoms with Gasteiger partial charge in [-0.15, -0.1) is 0 Å². The van der Waals surface area contributed by atoms with E-state index in [1.807, 2.05) is 6.26 Å². The van der Waals surface area contributed by atoms with Gasteiger partial charge < -0.3 is 4.57 Å². The molecule has 0 spiro atoms. The number of rotatable bonds is 5. The summed E-state index contributed by atoms with van der Waals surface area (Å²) in [5, 5.41) is 0.781. The van der Waals surface area contributed by atoms with Crippen molar-refractivity contribution in [2.75, 3.05) is 6.26 Å². The van der Waals surface area contributed by atoms with Crippen molar-refractivity contribution in [2.45, 2.75) is 44.3 Å². The van der Waals surface area contributed by atoms with Gasteiger partial charge in [-0.3, -0.25) is 4.79 Å². The Morgan fingerprint density at radius 3 is 3.00 bits per heavy atom. The summed E-state index contributed by atoms with van der Waals surface area (Å²) in [7, 11) is 0. The number of thioether (sulfide) groups is 1. The molecule has 1 aliphatic heterocycles.